The van der Waals surface area contributed by atoms with Gasteiger partial charge in [0.05, 0.1) is 11.8 Å². The molecule has 3 aromatic carbocycles. The zero-order chi connectivity index (χ0) is 26.1. The number of carbonyl (C=O) groups is 4. The van der Waals surface area contributed by atoms with E-state index in [1.165, 1.54) is 0 Å². The van der Waals surface area contributed by atoms with Crippen LogP contribution in [0.1, 0.15) is 46.0 Å². The summed E-state index contributed by atoms with van der Waals surface area (Å²) in [7, 11) is 0. The Morgan fingerprint density at radius 3 is 1.35 bits per heavy atom. The smallest absolute Gasteiger partial charge is 0.272 e. The molecule has 0 spiro atoms. The Morgan fingerprint density at radius 1 is 0.622 bits per heavy atom. The zero-order valence-corrected chi connectivity index (χ0v) is 20.3. The average Bonchev–Trinajstić information content (AvgIpc) is 3.39. The van der Waals surface area contributed by atoms with Crippen LogP contribution in [0.3, 0.4) is 0 Å². The summed E-state index contributed by atoms with van der Waals surface area (Å²) < 4.78 is 0. The van der Waals surface area contributed by atoms with Gasteiger partial charge in [0.15, 0.2) is 0 Å². The number of amides is 4. The number of hydrogen-bond acceptors (Lipinski definition) is 6. The highest BCUT2D eigenvalue weighted by Gasteiger charge is 2.51. The van der Waals surface area contributed by atoms with Gasteiger partial charge in [-0.3, -0.25) is 19.2 Å². The molecule has 2 aliphatic heterocycles. The average molecular weight is 493 g/mol. The Morgan fingerprint density at radius 2 is 0.973 bits per heavy atom. The third kappa shape index (κ3) is 4.27. The van der Waals surface area contributed by atoms with Gasteiger partial charge in [-0.2, -0.15) is 20.2 Å². The van der Waals surface area contributed by atoms with Gasteiger partial charge in [0.1, 0.15) is 0 Å². The van der Waals surface area contributed by atoms with Crippen LogP contribution in [0.4, 0.5) is 0 Å². The van der Waals surface area contributed by atoms with Crippen molar-refractivity contribution in [3.63, 3.8) is 0 Å². The van der Waals surface area contributed by atoms with Gasteiger partial charge in [-0.05, 0) is 43.7 Å². The van der Waals surface area contributed by atoms with Crippen molar-refractivity contribution in [3.8, 4) is 0 Å². The topological polar surface area (TPSA) is 99.5 Å². The van der Waals surface area contributed by atoms with Crippen LogP contribution in [0, 0.1) is 11.8 Å². The fraction of sp³-hybridized carbons (Fsp3) is 0.172. The van der Waals surface area contributed by atoms with Gasteiger partial charge in [0.25, 0.3) is 23.6 Å². The SMILES string of the molecule is CC1=NN(C(=O)c2ccccc2)C(=O)C1C(c1ccccc1)C1C(=O)N(C(=O)c2ccccc2)N=C1C. The lowest BCUT2D eigenvalue weighted by Crippen LogP contribution is -2.42. The minimum absolute atomic E-state index is 0.332. The molecule has 2 unspecified atom stereocenters. The standard InChI is InChI=1S/C29H24N4O4/c1-18-23(28(36)32(30-18)26(34)21-14-8-4-9-15-21)25(20-12-6-3-7-13-20)24-19(2)31-33(29(24)37)27(35)22-16-10-5-11-17-22/h3-17,23-25H,1-2H3. The van der Waals surface area contributed by atoms with E-state index in [2.05, 4.69) is 10.2 Å². The van der Waals surface area contributed by atoms with Crippen LogP contribution >= 0.6 is 0 Å². The van der Waals surface area contributed by atoms with Gasteiger partial charge in [-0.25, -0.2) is 0 Å². The van der Waals surface area contributed by atoms with Gasteiger partial charge < -0.3 is 0 Å². The maximum Gasteiger partial charge on any atom is 0.281 e. The second-order valence-electron chi connectivity index (χ2n) is 9.02. The third-order valence-corrected chi connectivity index (χ3v) is 6.69. The predicted molar refractivity (Wildman–Crippen MR) is 138 cm³/mol. The molecule has 0 saturated heterocycles. The number of imide groups is 2. The highest BCUT2D eigenvalue weighted by molar-refractivity contribution is 6.20. The molecule has 184 valence electrons. The van der Waals surface area contributed by atoms with Crippen molar-refractivity contribution in [1.29, 1.82) is 0 Å². The number of carbonyl (C=O) groups excluding carboxylic acids is 4. The number of hydrogen-bond donors (Lipinski definition) is 0. The van der Waals surface area contributed by atoms with E-state index >= 15 is 0 Å². The lowest BCUT2D eigenvalue weighted by atomic mass is 9.73. The molecule has 2 heterocycles. The number of hydrazone groups is 2. The Labute approximate surface area is 213 Å². The van der Waals surface area contributed by atoms with Crippen LogP contribution in [0.15, 0.2) is 101 Å². The number of rotatable bonds is 5. The Hall–Kier alpha value is -4.72. The van der Waals surface area contributed by atoms with Crippen LogP contribution in [0.5, 0.6) is 0 Å². The van der Waals surface area contributed by atoms with E-state index in [4.69, 9.17) is 0 Å². The summed E-state index contributed by atoms with van der Waals surface area (Å²) in [5.74, 6) is -4.61. The highest BCUT2D eigenvalue weighted by atomic mass is 16.2. The second kappa shape index (κ2) is 9.73. The molecule has 8 nitrogen and oxygen atoms in total. The van der Waals surface area contributed by atoms with E-state index in [1.807, 2.05) is 30.3 Å². The molecular weight excluding hydrogens is 468 g/mol. The molecule has 0 saturated carbocycles. The summed E-state index contributed by atoms with van der Waals surface area (Å²) in [5, 5.41) is 10.4. The first-order valence-electron chi connectivity index (χ1n) is 11.9. The van der Waals surface area contributed by atoms with Crippen molar-refractivity contribution in [3.05, 3.63) is 108 Å². The summed E-state index contributed by atoms with van der Waals surface area (Å²) in [6.07, 6.45) is 0. The summed E-state index contributed by atoms with van der Waals surface area (Å²) >= 11 is 0. The molecule has 0 radical (unpaired) electrons. The molecule has 0 N–H and O–H groups in total. The Bertz CT molecular complexity index is 1340. The van der Waals surface area contributed by atoms with Gasteiger partial charge in [-0.1, -0.05) is 66.7 Å². The van der Waals surface area contributed by atoms with Crippen molar-refractivity contribution in [2.75, 3.05) is 0 Å². The maximum atomic E-state index is 13.7. The van der Waals surface area contributed by atoms with Crippen LogP contribution in [0.2, 0.25) is 0 Å². The van der Waals surface area contributed by atoms with Crippen molar-refractivity contribution >= 4 is 35.1 Å². The summed E-state index contributed by atoms with van der Waals surface area (Å²) in [6, 6.07) is 26.0. The molecular formula is C29H24N4O4. The van der Waals surface area contributed by atoms with Gasteiger partial charge in [0, 0.05) is 28.5 Å². The molecule has 0 aromatic heterocycles. The lowest BCUT2D eigenvalue weighted by Gasteiger charge is -2.28. The minimum atomic E-state index is -0.888. The van der Waals surface area contributed by atoms with Gasteiger partial charge >= 0.3 is 0 Å². The quantitative estimate of drug-likeness (QED) is 0.500. The van der Waals surface area contributed by atoms with Crippen molar-refractivity contribution in [1.82, 2.24) is 10.0 Å². The molecule has 3 aromatic rings. The fourth-order valence-corrected chi connectivity index (χ4v) is 4.94. The van der Waals surface area contributed by atoms with Crippen molar-refractivity contribution in [2.24, 2.45) is 22.0 Å². The van der Waals surface area contributed by atoms with Crippen LogP contribution in [-0.4, -0.2) is 45.1 Å². The Balaban J connectivity index is 1.51. The zero-order valence-electron chi connectivity index (χ0n) is 20.3. The third-order valence-electron chi connectivity index (χ3n) is 6.69. The molecule has 2 aliphatic rings. The van der Waals surface area contributed by atoms with Gasteiger partial charge in [-0.15, -0.1) is 0 Å². The minimum Gasteiger partial charge on any atom is -0.272 e. The van der Waals surface area contributed by atoms with E-state index in [9.17, 15) is 19.2 Å². The van der Waals surface area contributed by atoms with E-state index < -0.39 is 41.4 Å². The molecule has 0 bridgehead atoms. The number of nitrogens with zero attached hydrogens (tertiary/aromatic N) is 4. The van der Waals surface area contributed by atoms with Gasteiger partial charge in [0.2, 0.25) is 0 Å². The van der Waals surface area contributed by atoms with Crippen molar-refractivity contribution < 1.29 is 19.2 Å². The van der Waals surface area contributed by atoms with E-state index in [0.717, 1.165) is 10.0 Å². The monoisotopic (exact) mass is 492 g/mol. The molecule has 8 heteroatoms. The van der Waals surface area contributed by atoms with Crippen LogP contribution in [0.25, 0.3) is 0 Å². The summed E-state index contributed by atoms with van der Waals surface area (Å²) in [5.41, 5.74) is 2.21. The first kappa shape index (κ1) is 24.0. The molecule has 4 amide bonds. The molecule has 5 rings (SSSR count). The van der Waals surface area contributed by atoms with E-state index in [-0.39, 0.29) is 0 Å². The summed E-state index contributed by atoms with van der Waals surface area (Å²) in [6.45, 7) is 3.35. The Kier molecular flexibility index (Phi) is 6.31. The van der Waals surface area contributed by atoms with E-state index in [0.29, 0.717) is 28.1 Å². The second-order valence-corrected chi connectivity index (χ2v) is 9.02. The highest BCUT2D eigenvalue weighted by Crippen LogP contribution is 2.41. The summed E-state index contributed by atoms with van der Waals surface area (Å²) in [4.78, 5) is 53.6. The normalized spacial score (nSPS) is 20.1. The lowest BCUT2D eigenvalue weighted by molar-refractivity contribution is -0.132. The van der Waals surface area contributed by atoms with E-state index in [1.54, 1.807) is 74.5 Å². The first-order valence-corrected chi connectivity index (χ1v) is 11.9. The molecule has 0 fully saturated rings. The largest absolute Gasteiger partial charge is 0.281 e. The maximum absolute atomic E-state index is 13.7. The number of benzene rings is 3. The van der Waals surface area contributed by atoms with Crippen LogP contribution in [-0.2, 0) is 9.59 Å². The molecule has 2 atom stereocenters. The fourth-order valence-electron chi connectivity index (χ4n) is 4.94. The molecule has 0 aliphatic carbocycles. The van der Waals surface area contributed by atoms with Crippen molar-refractivity contribution in [2.45, 2.75) is 19.8 Å². The predicted octanol–water partition coefficient (Wildman–Crippen LogP) is 4.12. The first-order chi connectivity index (χ1) is 17.9. The molecule has 37 heavy (non-hydrogen) atoms. The van der Waals surface area contributed by atoms with Crippen LogP contribution < -0.4 is 0 Å².